The lowest BCUT2D eigenvalue weighted by Gasteiger charge is -2.11. The zero-order chi connectivity index (χ0) is 15.4. The van der Waals surface area contributed by atoms with Gasteiger partial charge in [-0.05, 0) is 37.6 Å². The molecule has 0 saturated heterocycles. The van der Waals surface area contributed by atoms with Crippen LogP contribution >= 0.6 is 11.6 Å². The predicted molar refractivity (Wildman–Crippen MR) is 79.7 cm³/mol. The van der Waals surface area contributed by atoms with Crippen molar-refractivity contribution < 1.29 is 14.3 Å². The summed E-state index contributed by atoms with van der Waals surface area (Å²) in [4.78, 5) is 11.9. The van der Waals surface area contributed by atoms with Gasteiger partial charge in [0.2, 0.25) is 0 Å². The highest BCUT2D eigenvalue weighted by Crippen LogP contribution is 2.23. The minimum atomic E-state index is -0.392. The first kappa shape index (κ1) is 15.4. The summed E-state index contributed by atoms with van der Waals surface area (Å²) in [6.45, 7) is 4.23. The van der Waals surface area contributed by atoms with E-state index >= 15 is 0 Å². The van der Waals surface area contributed by atoms with Gasteiger partial charge in [0.1, 0.15) is 17.9 Å². The number of hydrogen-bond donors (Lipinski definition) is 0. The SMILES string of the molecule is CCOC(=O)c1cnn(C)c1COc1ccc(Cl)cc1C. The fourth-order valence-electron chi connectivity index (χ4n) is 1.93. The molecule has 2 rings (SSSR count). The van der Waals surface area contributed by atoms with E-state index in [0.717, 1.165) is 11.3 Å². The van der Waals surface area contributed by atoms with Gasteiger partial charge in [0.15, 0.2) is 0 Å². The van der Waals surface area contributed by atoms with Crippen molar-refractivity contribution in [3.63, 3.8) is 0 Å². The van der Waals surface area contributed by atoms with E-state index in [4.69, 9.17) is 21.1 Å². The van der Waals surface area contributed by atoms with Crippen LogP contribution in [0.5, 0.6) is 5.75 Å². The molecule has 0 aliphatic carbocycles. The topological polar surface area (TPSA) is 53.3 Å². The number of halogens is 1. The van der Waals surface area contributed by atoms with E-state index in [1.54, 1.807) is 30.8 Å². The molecule has 0 radical (unpaired) electrons. The minimum Gasteiger partial charge on any atom is -0.487 e. The van der Waals surface area contributed by atoms with Crippen molar-refractivity contribution in [1.29, 1.82) is 0 Å². The van der Waals surface area contributed by atoms with Gasteiger partial charge in [-0.3, -0.25) is 4.68 Å². The highest BCUT2D eigenvalue weighted by Gasteiger charge is 2.17. The fourth-order valence-corrected chi connectivity index (χ4v) is 2.16. The molecule has 0 aliphatic rings. The fraction of sp³-hybridized carbons (Fsp3) is 0.333. The molecule has 0 aliphatic heterocycles. The van der Waals surface area contributed by atoms with E-state index in [1.165, 1.54) is 6.20 Å². The number of nitrogens with zero attached hydrogens (tertiary/aromatic N) is 2. The smallest absolute Gasteiger partial charge is 0.341 e. The Kier molecular flexibility index (Phi) is 4.85. The third-order valence-electron chi connectivity index (χ3n) is 3.06. The predicted octanol–water partition coefficient (Wildman–Crippen LogP) is 3.14. The van der Waals surface area contributed by atoms with E-state index < -0.39 is 5.97 Å². The molecule has 112 valence electrons. The monoisotopic (exact) mass is 308 g/mol. The molecular formula is C15H17ClN2O3. The molecule has 0 amide bonds. The summed E-state index contributed by atoms with van der Waals surface area (Å²) in [6.07, 6.45) is 1.49. The Labute approximate surface area is 128 Å². The number of esters is 1. The van der Waals surface area contributed by atoms with Crippen LogP contribution in [0.1, 0.15) is 28.5 Å². The maximum absolute atomic E-state index is 11.9. The highest BCUT2D eigenvalue weighted by molar-refractivity contribution is 6.30. The number of benzene rings is 1. The molecule has 0 spiro atoms. The van der Waals surface area contributed by atoms with E-state index in [1.807, 2.05) is 13.0 Å². The van der Waals surface area contributed by atoms with E-state index in [-0.39, 0.29) is 6.61 Å². The number of aromatic nitrogens is 2. The van der Waals surface area contributed by atoms with Gasteiger partial charge in [0.05, 0.1) is 18.5 Å². The Morgan fingerprint density at radius 1 is 1.43 bits per heavy atom. The zero-order valence-electron chi connectivity index (χ0n) is 12.2. The summed E-state index contributed by atoms with van der Waals surface area (Å²) < 4.78 is 12.4. The number of carbonyl (C=O) groups is 1. The average Bonchev–Trinajstić information content (AvgIpc) is 2.79. The maximum atomic E-state index is 11.9. The summed E-state index contributed by atoms with van der Waals surface area (Å²) >= 11 is 5.91. The highest BCUT2D eigenvalue weighted by atomic mass is 35.5. The van der Waals surface area contributed by atoms with E-state index in [0.29, 0.717) is 22.9 Å². The van der Waals surface area contributed by atoms with Gasteiger partial charge in [-0.1, -0.05) is 11.6 Å². The maximum Gasteiger partial charge on any atom is 0.341 e. The lowest BCUT2D eigenvalue weighted by Crippen LogP contribution is -2.11. The van der Waals surface area contributed by atoms with Crippen molar-refractivity contribution in [2.45, 2.75) is 20.5 Å². The van der Waals surface area contributed by atoms with Crippen LogP contribution in [-0.2, 0) is 18.4 Å². The van der Waals surface area contributed by atoms with Crippen LogP contribution in [0, 0.1) is 6.92 Å². The number of aryl methyl sites for hydroxylation is 2. The molecule has 1 aromatic heterocycles. The van der Waals surface area contributed by atoms with Gasteiger partial charge >= 0.3 is 5.97 Å². The Morgan fingerprint density at radius 3 is 2.86 bits per heavy atom. The largest absolute Gasteiger partial charge is 0.487 e. The van der Waals surface area contributed by atoms with Gasteiger partial charge in [-0.25, -0.2) is 4.79 Å². The van der Waals surface area contributed by atoms with Crippen LogP contribution in [0.2, 0.25) is 5.02 Å². The van der Waals surface area contributed by atoms with Crippen LogP contribution in [0.3, 0.4) is 0 Å². The average molecular weight is 309 g/mol. The Morgan fingerprint density at radius 2 is 2.19 bits per heavy atom. The summed E-state index contributed by atoms with van der Waals surface area (Å²) in [5.74, 6) is 0.326. The van der Waals surface area contributed by atoms with Gasteiger partial charge in [-0.15, -0.1) is 0 Å². The molecule has 0 atom stereocenters. The van der Waals surface area contributed by atoms with Gasteiger partial charge < -0.3 is 9.47 Å². The van der Waals surface area contributed by atoms with E-state index in [2.05, 4.69) is 5.10 Å². The van der Waals surface area contributed by atoms with Crippen LogP contribution in [-0.4, -0.2) is 22.4 Å². The third kappa shape index (κ3) is 3.55. The molecule has 6 heteroatoms. The minimum absolute atomic E-state index is 0.229. The quantitative estimate of drug-likeness (QED) is 0.796. The van der Waals surface area contributed by atoms with Gasteiger partial charge in [0.25, 0.3) is 0 Å². The normalized spacial score (nSPS) is 10.5. The molecule has 0 bridgehead atoms. The summed E-state index contributed by atoms with van der Waals surface area (Å²) in [6, 6.07) is 5.39. The Hall–Kier alpha value is -2.01. The lowest BCUT2D eigenvalue weighted by molar-refractivity contribution is 0.0523. The molecule has 21 heavy (non-hydrogen) atoms. The Balaban J connectivity index is 2.16. The van der Waals surface area contributed by atoms with Crippen LogP contribution in [0.25, 0.3) is 0 Å². The zero-order valence-corrected chi connectivity index (χ0v) is 13.0. The van der Waals surface area contributed by atoms with Gasteiger partial charge in [0, 0.05) is 12.1 Å². The second-order valence-electron chi connectivity index (χ2n) is 4.55. The molecular weight excluding hydrogens is 292 g/mol. The Bertz CT molecular complexity index is 652. The standard InChI is InChI=1S/C15H17ClN2O3/c1-4-20-15(19)12-8-17-18(3)13(12)9-21-14-6-5-11(16)7-10(14)2/h5-8H,4,9H2,1-3H3. The van der Waals surface area contributed by atoms with Crippen molar-refractivity contribution >= 4 is 17.6 Å². The van der Waals surface area contributed by atoms with Crippen molar-refractivity contribution in [3.8, 4) is 5.75 Å². The first-order valence-electron chi connectivity index (χ1n) is 6.60. The number of hydrogen-bond acceptors (Lipinski definition) is 4. The van der Waals surface area contributed by atoms with Crippen molar-refractivity contribution in [2.24, 2.45) is 7.05 Å². The molecule has 5 nitrogen and oxygen atoms in total. The molecule has 0 N–H and O–H groups in total. The molecule has 1 aromatic carbocycles. The number of ether oxygens (including phenoxy) is 2. The van der Waals surface area contributed by atoms with Crippen LogP contribution < -0.4 is 4.74 Å². The summed E-state index contributed by atoms with van der Waals surface area (Å²) in [5.41, 5.74) is 2.02. The van der Waals surface area contributed by atoms with E-state index in [9.17, 15) is 4.79 Å². The second-order valence-corrected chi connectivity index (χ2v) is 4.98. The van der Waals surface area contributed by atoms with Crippen LogP contribution in [0.15, 0.2) is 24.4 Å². The van der Waals surface area contributed by atoms with Crippen LogP contribution in [0.4, 0.5) is 0 Å². The lowest BCUT2D eigenvalue weighted by atomic mass is 10.2. The van der Waals surface area contributed by atoms with Crippen molar-refractivity contribution in [1.82, 2.24) is 9.78 Å². The molecule has 0 saturated carbocycles. The molecule has 2 aromatic rings. The van der Waals surface area contributed by atoms with Crippen molar-refractivity contribution in [2.75, 3.05) is 6.61 Å². The molecule has 1 heterocycles. The molecule has 0 fully saturated rings. The summed E-state index contributed by atoms with van der Waals surface area (Å²) in [7, 11) is 1.76. The third-order valence-corrected chi connectivity index (χ3v) is 3.29. The second kappa shape index (κ2) is 6.63. The summed E-state index contributed by atoms with van der Waals surface area (Å²) in [5, 5.41) is 4.74. The first-order chi connectivity index (χ1) is 10.0. The van der Waals surface area contributed by atoms with Gasteiger partial charge in [-0.2, -0.15) is 5.10 Å². The first-order valence-corrected chi connectivity index (χ1v) is 6.97. The van der Waals surface area contributed by atoms with Crippen molar-refractivity contribution in [3.05, 3.63) is 46.2 Å². The number of carbonyl (C=O) groups excluding carboxylic acids is 1. The number of rotatable bonds is 5. The molecule has 0 unspecified atom stereocenters.